The molecule has 9 heteroatoms. The van der Waals surface area contributed by atoms with Crippen molar-refractivity contribution in [1.82, 2.24) is 25.5 Å². The van der Waals surface area contributed by atoms with Crippen LogP contribution in [0, 0.1) is 13.8 Å². The van der Waals surface area contributed by atoms with Gasteiger partial charge in [0.05, 0.1) is 5.69 Å². The molecule has 3 N–H and O–H groups in total. The molecule has 1 heterocycles. The van der Waals surface area contributed by atoms with Gasteiger partial charge in [0.1, 0.15) is 18.1 Å². The van der Waals surface area contributed by atoms with Crippen molar-refractivity contribution < 1.29 is 14.7 Å². The number of tetrazole rings is 1. The Morgan fingerprint density at radius 3 is 2.21 bits per heavy atom. The van der Waals surface area contributed by atoms with Crippen molar-refractivity contribution in [3.63, 3.8) is 0 Å². The van der Waals surface area contributed by atoms with Gasteiger partial charge in [-0.05, 0) is 77.4 Å². The molecule has 1 unspecified atom stereocenters. The van der Waals surface area contributed by atoms with Crippen LogP contribution in [0.5, 0.6) is 5.75 Å². The number of nitrogens with one attached hydrogen (secondary N) is 2. The molecule has 1 aromatic heterocycles. The van der Waals surface area contributed by atoms with E-state index in [-0.39, 0.29) is 5.75 Å². The number of hydrogen-bond donors (Lipinski definition) is 3. The molecule has 0 bridgehead atoms. The van der Waals surface area contributed by atoms with Crippen LogP contribution in [0.2, 0.25) is 0 Å². The lowest BCUT2D eigenvalue weighted by atomic mass is 10.0. The van der Waals surface area contributed by atoms with Gasteiger partial charge in [-0.1, -0.05) is 30.3 Å². The summed E-state index contributed by atoms with van der Waals surface area (Å²) in [5, 5.41) is 26.4. The first-order valence-electron chi connectivity index (χ1n) is 10.2. The van der Waals surface area contributed by atoms with Gasteiger partial charge in [-0.15, -0.1) is 5.10 Å². The number of aryl methyl sites for hydroxylation is 2. The fraction of sp³-hybridized carbons (Fsp3) is 0.125. The Labute approximate surface area is 190 Å². The largest absolute Gasteiger partial charge is 0.508 e. The Morgan fingerprint density at radius 2 is 1.61 bits per heavy atom. The number of nitrogens with zero attached hydrogens (tertiary/aromatic N) is 4. The Hall–Kier alpha value is -4.53. The SMILES string of the molecule is Cc1cccc(C)c1NC(=O)C(NC(=O)c1ccc(-n2cnnn2)cc1)c1ccc(O)cc1. The summed E-state index contributed by atoms with van der Waals surface area (Å²) >= 11 is 0. The molecule has 0 saturated carbocycles. The van der Waals surface area contributed by atoms with Gasteiger partial charge in [-0.25, -0.2) is 4.68 Å². The minimum absolute atomic E-state index is 0.0668. The smallest absolute Gasteiger partial charge is 0.252 e. The molecule has 2 amide bonds. The number of benzene rings is 3. The maximum atomic E-state index is 13.3. The summed E-state index contributed by atoms with van der Waals surface area (Å²) in [4.78, 5) is 26.3. The van der Waals surface area contributed by atoms with Crippen LogP contribution >= 0.6 is 0 Å². The summed E-state index contributed by atoms with van der Waals surface area (Å²) in [6.07, 6.45) is 1.45. The lowest BCUT2D eigenvalue weighted by molar-refractivity contribution is -0.118. The van der Waals surface area contributed by atoms with E-state index >= 15 is 0 Å². The van der Waals surface area contributed by atoms with Gasteiger partial charge in [0.25, 0.3) is 11.8 Å². The van der Waals surface area contributed by atoms with E-state index in [9.17, 15) is 14.7 Å². The average molecular weight is 442 g/mol. The molecule has 3 aromatic carbocycles. The highest BCUT2D eigenvalue weighted by Crippen LogP contribution is 2.24. The van der Waals surface area contributed by atoms with E-state index in [1.807, 2.05) is 32.0 Å². The van der Waals surface area contributed by atoms with E-state index in [1.165, 1.54) is 23.1 Å². The van der Waals surface area contributed by atoms with Crippen LogP contribution in [0.25, 0.3) is 5.69 Å². The number of aromatic hydroxyl groups is 1. The van der Waals surface area contributed by atoms with Crippen LogP contribution in [-0.2, 0) is 4.79 Å². The van der Waals surface area contributed by atoms with E-state index < -0.39 is 17.9 Å². The van der Waals surface area contributed by atoms with E-state index in [0.717, 1.165) is 11.1 Å². The van der Waals surface area contributed by atoms with E-state index in [0.29, 0.717) is 22.5 Å². The Morgan fingerprint density at radius 1 is 0.939 bits per heavy atom. The maximum Gasteiger partial charge on any atom is 0.252 e. The fourth-order valence-electron chi connectivity index (χ4n) is 3.43. The first-order valence-corrected chi connectivity index (χ1v) is 10.2. The van der Waals surface area contributed by atoms with Crippen LogP contribution in [0.3, 0.4) is 0 Å². The highest BCUT2D eigenvalue weighted by Gasteiger charge is 2.24. The topological polar surface area (TPSA) is 122 Å². The van der Waals surface area contributed by atoms with E-state index in [1.54, 1.807) is 36.4 Å². The van der Waals surface area contributed by atoms with Crippen molar-refractivity contribution in [2.75, 3.05) is 5.32 Å². The summed E-state index contributed by atoms with van der Waals surface area (Å²) in [6.45, 7) is 3.81. The third-order valence-electron chi connectivity index (χ3n) is 5.24. The fourth-order valence-corrected chi connectivity index (χ4v) is 3.43. The molecule has 0 radical (unpaired) electrons. The van der Waals surface area contributed by atoms with Gasteiger partial charge in [0.15, 0.2) is 0 Å². The second-order valence-corrected chi connectivity index (χ2v) is 7.56. The molecule has 9 nitrogen and oxygen atoms in total. The monoisotopic (exact) mass is 442 g/mol. The summed E-state index contributed by atoms with van der Waals surface area (Å²) in [6, 6.07) is 17.6. The molecule has 4 rings (SSSR count). The molecule has 0 aliphatic carbocycles. The van der Waals surface area contributed by atoms with Crippen molar-refractivity contribution in [3.8, 4) is 11.4 Å². The summed E-state index contributed by atoms with van der Waals surface area (Å²) < 4.78 is 1.47. The minimum atomic E-state index is -0.976. The standard InChI is InChI=1S/C24H22N6O3/c1-15-4-3-5-16(2)21(15)26-24(33)22(17-8-12-20(31)13-9-17)27-23(32)18-6-10-19(11-7-18)30-14-25-28-29-30/h3-14,22,31H,1-2H3,(H,26,33)(H,27,32). The molecule has 0 spiro atoms. The van der Waals surface area contributed by atoms with Crippen LogP contribution in [0.1, 0.15) is 33.1 Å². The number of phenolic OH excluding ortho intramolecular Hbond substituents is 1. The number of anilines is 1. The zero-order valence-corrected chi connectivity index (χ0v) is 18.1. The number of para-hydroxylation sites is 1. The van der Waals surface area contributed by atoms with Crippen LogP contribution < -0.4 is 10.6 Å². The molecule has 0 aliphatic rings. The Balaban J connectivity index is 1.59. The number of amides is 2. The Kier molecular flexibility index (Phi) is 6.12. The average Bonchev–Trinajstić information content (AvgIpc) is 3.35. The number of phenols is 1. The highest BCUT2D eigenvalue weighted by atomic mass is 16.3. The zero-order valence-electron chi connectivity index (χ0n) is 18.1. The zero-order chi connectivity index (χ0) is 23.4. The second kappa shape index (κ2) is 9.31. The van der Waals surface area contributed by atoms with E-state index in [4.69, 9.17) is 0 Å². The summed E-state index contributed by atoms with van der Waals surface area (Å²) in [7, 11) is 0. The molecular formula is C24H22N6O3. The molecule has 33 heavy (non-hydrogen) atoms. The third kappa shape index (κ3) is 4.87. The van der Waals surface area contributed by atoms with Crippen molar-refractivity contribution in [2.24, 2.45) is 0 Å². The molecule has 1 atom stereocenters. The first-order chi connectivity index (χ1) is 15.9. The highest BCUT2D eigenvalue weighted by molar-refractivity contribution is 6.02. The van der Waals surface area contributed by atoms with Gasteiger partial charge in [0, 0.05) is 11.3 Å². The summed E-state index contributed by atoms with van der Waals surface area (Å²) in [5.41, 5.74) is 4.13. The van der Waals surface area contributed by atoms with Gasteiger partial charge < -0.3 is 15.7 Å². The van der Waals surface area contributed by atoms with Crippen molar-refractivity contribution >= 4 is 17.5 Å². The number of carbonyl (C=O) groups excluding carboxylic acids is 2. The van der Waals surface area contributed by atoms with Gasteiger partial charge >= 0.3 is 0 Å². The predicted octanol–water partition coefficient (Wildman–Crippen LogP) is 3.09. The van der Waals surface area contributed by atoms with Gasteiger partial charge in [-0.3, -0.25) is 9.59 Å². The summed E-state index contributed by atoms with van der Waals surface area (Å²) in [5.74, 6) is -0.748. The molecule has 0 saturated heterocycles. The number of rotatable bonds is 6. The second-order valence-electron chi connectivity index (χ2n) is 7.56. The lowest BCUT2D eigenvalue weighted by Gasteiger charge is -2.21. The quantitative estimate of drug-likeness (QED) is 0.422. The third-order valence-corrected chi connectivity index (χ3v) is 5.24. The predicted molar refractivity (Wildman–Crippen MR) is 122 cm³/mol. The molecule has 0 aliphatic heterocycles. The Bertz CT molecular complexity index is 1250. The first kappa shape index (κ1) is 21.7. The number of carbonyl (C=O) groups is 2. The number of hydrogen-bond acceptors (Lipinski definition) is 6. The van der Waals surface area contributed by atoms with Crippen molar-refractivity contribution in [2.45, 2.75) is 19.9 Å². The maximum absolute atomic E-state index is 13.3. The van der Waals surface area contributed by atoms with Gasteiger partial charge in [-0.2, -0.15) is 0 Å². The molecule has 4 aromatic rings. The van der Waals surface area contributed by atoms with Gasteiger partial charge in [0.2, 0.25) is 0 Å². The van der Waals surface area contributed by atoms with Crippen LogP contribution in [0.4, 0.5) is 5.69 Å². The normalized spacial score (nSPS) is 11.6. The molecule has 166 valence electrons. The van der Waals surface area contributed by atoms with Crippen molar-refractivity contribution in [3.05, 3.63) is 95.3 Å². The minimum Gasteiger partial charge on any atom is -0.508 e. The van der Waals surface area contributed by atoms with Crippen LogP contribution in [-0.4, -0.2) is 37.1 Å². The lowest BCUT2D eigenvalue weighted by Crippen LogP contribution is -2.37. The van der Waals surface area contributed by atoms with Crippen LogP contribution in [0.15, 0.2) is 73.1 Å². The van der Waals surface area contributed by atoms with E-state index in [2.05, 4.69) is 26.2 Å². The molecule has 0 fully saturated rings. The van der Waals surface area contributed by atoms with Crippen molar-refractivity contribution in [1.29, 1.82) is 0 Å². The molecular weight excluding hydrogens is 420 g/mol. The number of aromatic nitrogens is 4.